The van der Waals surface area contributed by atoms with Crippen LogP contribution in [-0.4, -0.2) is 6.09 Å². The lowest BCUT2D eigenvalue weighted by molar-refractivity contribution is -0.137. The first-order valence-corrected chi connectivity index (χ1v) is 6.64. The van der Waals surface area contributed by atoms with E-state index in [1.54, 1.807) is 12.1 Å². The van der Waals surface area contributed by atoms with Crippen LogP contribution in [0.2, 0.25) is 0 Å². The summed E-state index contributed by atoms with van der Waals surface area (Å²) in [5.41, 5.74) is 0.609. The highest BCUT2D eigenvalue weighted by Crippen LogP contribution is 2.31. The van der Waals surface area contributed by atoms with Crippen LogP contribution in [0.5, 0.6) is 5.75 Å². The zero-order chi connectivity index (χ0) is 16.2. The van der Waals surface area contributed by atoms with Crippen molar-refractivity contribution in [3.63, 3.8) is 0 Å². The quantitative estimate of drug-likeness (QED) is 0.877. The SMILES string of the molecule is CCc1ccccc1NC(=O)Oc1cccc(C(F)(F)F)c1. The molecule has 1 N–H and O–H groups in total. The second kappa shape index (κ2) is 6.51. The molecule has 116 valence electrons. The van der Waals surface area contributed by atoms with Gasteiger partial charge in [0.2, 0.25) is 0 Å². The van der Waals surface area contributed by atoms with Crippen molar-refractivity contribution in [1.29, 1.82) is 0 Å². The second-order valence-corrected chi connectivity index (χ2v) is 4.55. The Labute approximate surface area is 125 Å². The normalized spacial score (nSPS) is 11.1. The molecule has 0 aromatic heterocycles. The van der Waals surface area contributed by atoms with Crippen LogP contribution >= 0.6 is 0 Å². The van der Waals surface area contributed by atoms with Crippen molar-refractivity contribution in [3.05, 3.63) is 59.7 Å². The molecule has 0 unspecified atom stereocenters. The molecule has 0 spiro atoms. The van der Waals surface area contributed by atoms with Crippen LogP contribution in [-0.2, 0) is 12.6 Å². The minimum Gasteiger partial charge on any atom is -0.410 e. The van der Waals surface area contributed by atoms with Gasteiger partial charge in [-0.2, -0.15) is 13.2 Å². The van der Waals surface area contributed by atoms with Gasteiger partial charge in [-0.25, -0.2) is 4.79 Å². The molecule has 0 aliphatic carbocycles. The van der Waals surface area contributed by atoms with Gasteiger partial charge in [0, 0.05) is 5.69 Å². The first-order valence-electron chi connectivity index (χ1n) is 6.64. The number of para-hydroxylation sites is 1. The number of hydrogen-bond donors (Lipinski definition) is 1. The minimum absolute atomic E-state index is 0.165. The molecule has 6 heteroatoms. The molecule has 0 bridgehead atoms. The third kappa shape index (κ3) is 4.00. The van der Waals surface area contributed by atoms with Crippen molar-refractivity contribution in [2.75, 3.05) is 5.32 Å². The standard InChI is InChI=1S/C16H14F3NO2/c1-2-11-6-3-4-9-14(11)20-15(21)22-13-8-5-7-12(10-13)16(17,18)19/h3-10H,2H2,1H3,(H,20,21). The summed E-state index contributed by atoms with van der Waals surface area (Å²) in [6, 6.07) is 11.3. The topological polar surface area (TPSA) is 38.3 Å². The van der Waals surface area contributed by atoms with E-state index in [-0.39, 0.29) is 5.75 Å². The number of nitrogens with one attached hydrogen (secondary N) is 1. The smallest absolute Gasteiger partial charge is 0.410 e. The second-order valence-electron chi connectivity index (χ2n) is 4.55. The van der Waals surface area contributed by atoms with Crippen molar-refractivity contribution < 1.29 is 22.7 Å². The summed E-state index contributed by atoms with van der Waals surface area (Å²) in [6.07, 6.45) is -4.61. The summed E-state index contributed by atoms with van der Waals surface area (Å²) in [5, 5.41) is 2.53. The third-order valence-corrected chi connectivity index (χ3v) is 3.01. The molecule has 0 aliphatic rings. The Balaban J connectivity index is 2.09. The van der Waals surface area contributed by atoms with Crippen LogP contribution in [0.25, 0.3) is 0 Å². The van der Waals surface area contributed by atoms with Gasteiger partial charge in [0.15, 0.2) is 0 Å². The number of benzene rings is 2. The number of aryl methyl sites for hydroxylation is 1. The van der Waals surface area contributed by atoms with Crippen LogP contribution in [0.1, 0.15) is 18.1 Å². The lowest BCUT2D eigenvalue weighted by Gasteiger charge is -2.11. The van der Waals surface area contributed by atoms with Gasteiger partial charge in [0.05, 0.1) is 5.56 Å². The average molecular weight is 309 g/mol. The molecule has 2 aromatic rings. The molecule has 0 atom stereocenters. The number of carbonyl (C=O) groups is 1. The summed E-state index contributed by atoms with van der Waals surface area (Å²) in [6.45, 7) is 1.93. The van der Waals surface area contributed by atoms with Gasteiger partial charge in [-0.1, -0.05) is 31.2 Å². The zero-order valence-electron chi connectivity index (χ0n) is 11.8. The first kappa shape index (κ1) is 15.9. The monoisotopic (exact) mass is 309 g/mol. The van der Waals surface area contributed by atoms with Gasteiger partial charge < -0.3 is 4.74 Å². The molecule has 0 heterocycles. The fourth-order valence-electron chi connectivity index (χ4n) is 1.93. The number of anilines is 1. The molecule has 2 rings (SSSR count). The zero-order valence-corrected chi connectivity index (χ0v) is 11.8. The van der Waals surface area contributed by atoms with Crippen LogP contribution in [0, 0.1) is 0 Å². The molecule has 3 nitrogen and oxygen atoms in total. The Morgan fingerprint density at radius 2 is 1.86 bits per heavy atom. The number of halogens is 3. The van der Waals surface area contributed by atoms with Crippen molar-refractivity contribution in [2.24, 2.45) is 0 Å². The van der Waals surface area contributed by atoms with Crippen molar-refractivity contribution in [2.45, 2.75) is 19.5 Å². The highest BCUT2D eigenvalue weighted by Gasteiger charge is 2.30. The molecule has 0 saturated carbocycles. The van der Waals surface area contributed by atoms with E-state index < -0.39 is 17.8 Å². The van der Waals surface area contributed by atoms with E-state index in [0.29, 0.717) is 12.1 Å². The molecule has 0 fully saturated rings. The predicted octanol–water partition coefficient (Wildman–Crippen LogP) is 4.88. The van der Waals surface area contributed by atoms with E-state index in [0.717, 1.165) is 17.7 Å². The maximum absolute atomic E-state index is 12.6. The first-order chi connectivity index (χ1) is 10.4. The number of rotatable bonds is 3. The molecule has 0 aliphatic heterocycles. The molecule has 0 saturated heterocycles. The lowest BCUT2D eigenvalue weighted by Crippen LogP contribution is -2.18. The molecular formula is C16H14F3NO2. The molecule has 0 radical (unpaired) electrons. The van der Waals surface area contributed by atoms with E-state index in [9.17, 15) is 18.0 Å². The number of carbonyl (C=O) groups excluding carboxylic acids is 1. The van der Waals surface area contributed by atoms with E-state index in [1.165, 1.54) is 12.1 Å². The largest absolute Gasteiger partial charge is 0.417 e. The Kier molecular flexibility index (Phi) is 4.70. The maximum Gasteiger partial charge on any atom is 0.417 e. The summed E-state index contributed by atoms with van der Waals surface area (Å²) in [5.74, 6) is -0.165. The average Bonchev–Trinajstić information content (AvgIpc) is 2.47. The third-order valence-electron chi connectivity index (χ3n) is 3.01. The Morgan fingerprint density at radius 1 is 1.14 bits per heavy atom. The van der Waals surface area contributed by atoms with E-state index in [4.69, 9.17) is 4.74 Å². The Hall–Kier alpha value is -2.50. The van der Waals surface area contributed by atoms with Gasteiger partial charge in [-0.05, 0) is 36.2 Å². The number of ether oxygens (including phenoxy) is 1. The summed E-state index contributed by atoms with van der Waals surface area (Å²) in [4.78, 5) is 11.8. The van der Waals surface area contributed by atoms with Crippen molar-refractivity contribution in [3.8, 4) is 5.75 Å². The Bertz CT molecular complexity index is 668. The van der Waals surface area contributed by atoms with Crippen LogP contribution in [0.4, 0.5) is 23.7 Å². The predicted molar refractivity (Wildman–Crippen MR) is 76.9 cm³/mol. The molecular weight excluding hydrogens is 295 g/mol. The fourth-order valence-corrected chi connectivity index (χ4v) is 1.93. The summed E-state index contributed by atoms with van der Waals surface area (Å²) >= 11 is 0. The van der Waals surface area contributed by atoms with Crippen LogP contribution < -0.4 is 10.1 Å². The number of hydrogen-bond acceptors (Lipinski definition) is 2. The fraction of sp³-hybridized carbons (Fsp3) is 0.188. The Morgan fingerprint density at radius 3 is 2.55 bits per heavy atom. The van der Waals surface area contributed by atoms with Gasteiger partial charge in [0.1, 0.15) is 5.75 Å². The van der Waals surface area contributed by atoms with Gasteiger partial charge in [-0.15, -0.1) is 0 Å². The van der Waals surface area contributed by atoms with Crippen molar-refractivity contribution >= 4 is 11.8 Å². The van der Waals surface area contributed by atoms with E-state index in [2.05, 4.69) is 5.32 Å². The number of amides is 1. The van der Waals surface area contributed by atoms with Gasteiger partial charge in [0.25, 0.3) is 0 Å². The van der Waals surface area contributed by atoms with E-state index in [1.807, 2.05) is 19.1 Å². The molecule has 2 aromatic carbocycles. The maximum atomic E-state index is 12.6. The highest BCUT2D eigenvalue weighted by atomic mass is 19.4. The minimum atomic E-state index is -4.48. The molecule has 1 amide bonds. The van der Waals surface area contributed by atoms with Gasteiger partial charge in [-0.3, -0.25) is 5.32 Å². The highest BCUT2D eigenvalue weighted by molar-refractivity contribution is 5.87. The van der Waals surface area contributed by atoms with Crippen molar-refractivity contribution in [1.82, 2.24) is 0 Å². The van der Waals surface area contributed by atoms with Gasteiger partial charge >= 0.3 is 12.3 Å². The molecule has 22 heavy (non-hydrogen) atoms. The van der Waals surface area contributed by atoms with Crippen LogP contribution in [0.3, 0.4) is 0 Å². The summed E-state index contributed by atoms with van der Waals surface area (Å²) < 4.78 is 42.7. The van der Waals surface area contributed by atoms with Crippen LogP contribution in [0.15, 0.2) is 48.5 Å². The van der Waals surface area contributed by atoms with E-state index >= 15 is 0 Å². The summed E-state index contributed by atoms with van der Waals surface area (Å²) in [7, 11) is 0. The number of alkyl halides is 3. The lowest BCUT2D eigenvalue weighted by atomic mass is 10.1.